The van der Waals surface area contributed by atoms with E-state index in [1.54, 1.807) is 0 Å². The van der Waals surface area contributed by atoms with Gasteiger partial charge in [-0.2, -0.15) is 15.2 Å². The molecule has 14 heteroatoms. The van der Waals surface area contributed by atoms with E-state index < -0.39 is 35.1 Å². The van der Waals surface area contributed by atoms with Crippen molar-refractivity contribution in [1.29, 1.82) is 5.26 Å². The lowest BCUT2D eigenvalue weighted by atomic mass is 9.95. The minimum Gasteiger partial charge on any atom is -0.491 e. The van der Waals surface area contributed by atoms with Crippen LogP contribution in [0.5, 0.6) is 11.8 Å². The molecule has 2 aromatic carbocycles. The minimum atomic E-state index is -1.46. The van der Waals surface area contributed by atoms with Crippen LogP contribution in [0.1, 0.15) is 44.1 Å². The summed E-state index contributed by atoms with van der Waals surface area (Å²) >= 11 is 7.78. The van der Waals surface area contributed by atoms with E-state index in [1.165, 1.54) is 6.07 Å². The smallest absolute Gasteiger partial charge is 0.319 e. The van der Waals surface area contributed by atoms with E-state index in [2.05, 4.69) is 20.2 Å². The van der Waals surface area contributed by atoms with Crippen molar-refractivity contribution in [3.8, 4) is 29.0 Å². The Hall–Kier alpha value is -3.60. The number of halogens is 5. The molecule has 2 saturated heterocycles. The zero-order chi connectivity index (χ0) is 31.2. The van der Waals surface area contributed by atoms with Crippen LogP contribution in [0.25, 0.3) is 32.1 Å². The van der Waals surface area contributed by atoms with Gasteiger partial charge in [-0.15, -0.1) is 11.3 Å². The number of benzene rings is 2. The Labute approximate surface area is 264 Å². The maximum Gasteiger partial charge on any atom is 0.319 e. The number of alkyl halides is 2. The molecule has 0 bridgehead atoms. The lowest BCUT2D eigenvalue weighted by Crippen LogP contribution is -2.43. The fourth-order valence-corrected chi connectivity index (χ4v) is 8.60. The number of rotatable bonds is 5. The summed E-state index contributed by atoms with van der Waals surface area (Å²) in [5, 5.41) is 13.2. The number of ether oxygens (including phenoxy) is 2. The van der Waals surface area contributed by atoms with Gasteiger partial charge >= 0.3 is 6.01 Å². The van der Waals surface area contributed by atoms with Gasteiger partial charge in [0, 0.05) is 30.3 Å². The Morgan fingerprint density at radius 3 is 2.84 bits per heavy atom. The number of anilines is 2. The first kappa shape index (κ1) is 28.8. The van der Waals surface area contributed by atoms with Crippen LogP contribution >= 0.6 is 22.9 Å². The monoisotopic (exact) mass is 658 g/mol. The summed E-state index contributed by atoms with van der Waals surface area (Å²) < 4.78 is 73.9. The first-order valence-corrected chi connectivity index (χ1v) is 16.1. The van der Waals surface area contributed by atoms with Crippen molar-refractivity contribution in [3.63, 3.8) is 0 Å². The van der Waals surface area contributed by atoms with Gasteiger partial charge in [-0.3, -0.25) is 4.90 Å². The number of nitrogens with one attached hydrogen (secondary N) is 1. The molecule has 0 amide bonds. The van der Waals surface area contributed by atoms with Crippen molar-refractivity contribution >= 4 is 54.7 Å². The number of hydrogen-bond donors (Lipinski definition) is 2. The van der Waals surface area contributed by atoms with Gasteiger partial charge in [0.1, 0.15) is 46.7 Å². The molecule has 234 valence electrons. The van der Waals surface area contributed by atoms with Gasteiger partial charge in [0.15, 0.2) is 11.6 Å². The quantitative estimate of drug-likeness (QED) is 0.223. The van der Waals surface area contributed by atoms with Gasteiger partial charge in [0.2, 0.25) is 0 Å². The normalized spacial score (nSPS) is 25.3. The fourth-order valence-electron chi connectivity index (χ4n) is 7.32. The van der Waals surface area contributed by atoms with Crippen LogP contribution in [0, 0.1) is 23.0 Å². The second-order valence-electron chi connectivity index (χ2n) is 12.4. The highest BCUT2D eigenvalue weighted by atomic mass is 35.5. The first-order chi connectivity index (χ1) is 21.6. The average Bonchev–Trinajstić information content (AvgIpc) is 3.32. The molecular formula is C31H27ClF4N6O2S. The Morgan fingerprint density at radius 1 is 1.24 bits per heavy atom. The summed E-state index contributed by atoms with van der Waals surface area (Å²) in [6.07, 6.45) is 2.02. The van der Waals surface area contributed by atoms with Crippen LogP contribution in [-0.2, 0) is 0 Å². The first-order valence-electron chi connectivity index (χ1n) is 14.9. The van der Waals surface area contributed by atoms with E-state index in [9.17, 15) is 14.0 Å². The second-order valence-corrected chi connectivity index (χ2v) is 13.8. The molecule has 0 spiro atoms. The van der Waals surface area contributed by atoms with Crippen LogP contribution in [-0.4, -0.2) is 64.6 Å². The predicted molar refractivity (Wildman–Crippen MR) is 164 cm³/mol. The van der Waals surface area contributed by atoms with Crippen molar-refractivity contribution in [2.45, 2.75) is 61.9 Å². The van der Waals surface area contributed by atoms with E-state index in [1.807, 2.05) is 6.07 Å². The Balaban J connectivity index is 1.33. The lowest BCUT2D eigenvalue weighted by Gasteiger charge is -2.31. The molecule has 45 heavy (non-hydrogen) atoms. The molecule has 3 N–H and O–H groups in total. The number of nitrogens with zero attached hydrogens (tertiary/aromatic N) is 4. The molecule has 2 aromatic heterocycles. The molecule has 3 fully saturated rings. The summed E-state index contributed by atoms with van der Waals surface area (Å²) in [5.74, 6) is -1.34. The molecule has 3 atom stereocenters. The van der Waals surface area contributed by atoms with Crippen LogP contribution in [0.2, 0.25) is 5.02 Å². The van der Waals surface area contributed by atoms with E-state index >= 15 is 8.78 Å². The number of fused-ring (bicyclic) bond motifs is 2. The van der Waals surface area contributed by atoms with Crippen LogP contribution in [0.15, 0.2) is 12.1 Å². The Morgan fingerprint density at radius 2 is 2.07 bits per heavy atom. The average molecular weight is 659 g/mol. The zero-order valence-electron chi connectivity index (χ0n) is 23.9. The SMILES string of the molecule is N#Cc1c(N)sc2c(F)ccc(-c3c(Cl)c4c5c(nc(OC[C@@]67CCCN6C[C@H](F)C7)nc5c3F)N[C@H](C3(F)CC3)CCO4)c12. The number of nitrogens with two attached hydrogens (primary N) is 1. The minimum absolute atomic E-state index is 0.00124. The number of thiophene rings is 1. The highest BCUT2D eigenvalue weighted by Crippen LogP contribution is 2.52. The molecule has 4 aliphatic rings. The van der Waals surface area contributed by atoms with Gasteiger partial charge in [0.05, 0.1) is 38.9 Å². The predicted octanol–water partition coefficient (Wildman–Crippen LogP) is 6.92. The van der Waals surface area contributed by atoms with Crippen molar-refractivity contribution < 1.29 is 27.0 Å². The third-order valence-corrected chi connectivity index (χ3v) is 11.1. The molecule has 5 heterocycles. The number of nitriles is 1. The summed E-state index contributed by atoms with van der Waals surface area (Å²) in [5.41, 5.74) is 3.84. The largest absolute Gasteiger partial charge is 0.491 e. The summed E-state index contributed by atoms with van der Waals surface area (Å²) in [6, 6.07) is 3.67. The highest BCUT2D eigenvalue weighted by Gasteiger charge is 2.51. The maximum atomic E-state index is 16.9. The van der Waals surface area contributed by atoms with Gasteiger partial charge in [-0.05, 0) is 43.9 Å². The number of hydrogen-bond acceptors (Lipinski definition) is 9. The van der Waals surface area contributed by atoms with Crippen molar-refractivity contribution in [1.82, 2.24) is 14.9 Å². The van der Waals surface area contributed by atoms with Gasteiger partial charge in [-0.25, -0.2) is 17.6 Å². The molecular weight excluding hydrogens is 632 g/mol. The summed E-state index contributed by atoms with van der Waals surface area (Å²) in [7, 11) is 0. The molecule has 1 aliphatic carbocycles. The molecule has 0 unspecified atom stereocenters. The molecule has 4 aromatic rings. The fraction of sp³-hybridized carbons (Fsp3) is 0.452. The van der Waals surface area contributed by atoms with E-state index in [0.29, 0.717) is 25.8 Å². The number of aromatic nitrogens is 2. The standard InChI is InChI=1S/C31H27ClF4N6O2S/c32-22-20(15-2-3-17(34)26-19(15)16(11-37)27(38)45-26)23(35)24-21-25(22)43-9-4-18(31(36)6-7-31)39-28(21)41-29(40-24)44-13-30-5-1-8-42(30)12-14(33)10-30/h2-3,14,18H,1,4-10,12-13,38H2,(H,39,40,41)/t14-,18+,30+/m1/s1. The van der Waals surface area contributed by atoms with Gasteiger partial charge in [-0.1, -0.05) is 17.7 Å². The van der Waals surface area contributed by atoms with Crippen molar-refractivity contribution in [2.24, 2.45) is 0 Å². The van der Waals surface area contributed by atoms with E-state index in [0.717, 1.165) is 36.8 Å². The molecule has 8 rings (SSSR count). The maximum absolute atomic E-state index is 16.9. The third-order valence-electron chi connectivity index (χ3n) is 9.71. The Bertz CT molecular complexity index is 1950. The topological polar surface area (TPSA) is 109 Å². The zero-order valence-corrected chi connectivity index (χ0v) is 25.4. The molecule has 3 aliphatic heterocycles. The van der Waals surface area contributed by atoms with Gasteiger partial charge < -0.3 is 20.5 Å². The summed E-state index contributed by atoms with van der Waals surface area (Å²) in [4.78, 5) is 11.1. The van der Waals surface area contributed by atoms with Crippen molar-refractivity contribution in [3.05, 3.63) is 34.4 Å². The molecule has 1 saturated carbocycles. The van der Waals surface area contributed by atoms with Gasteiger partial charge in [0.25, 0.3) is 0 Å². The van der Waals surface area contributed by atoms with Crippen LogP contribution in [0.3, 0.4) is 0 Å². The second kappa shape index (κ2) is 10.2. The third kappa shape index (κ3) is 4.40. The van der Waals surface area contributed by atoms with Crippen molar-refractivity contribution in [2.75, 3.05) is 37.4 Å². The lowest BCUT2D eigenvalue weighted by molar-refractivity contribution is 0.107. The highest BCUT2D eigenvalue weighted by molar-refractivity contribution is 7.23. The molecule has 8 nitrogen and oxygen atoms in total. The summed E-state index contributed by atoms with van der Waals surface area (Å²) in [6.45, 7) is 1.25. The van der Waals surface area contributed by atoms with Crippen LogP contribution < -0.4 is 20.5 Å². The van der Waals surface area contributed by atoms with E-state index in [4.69, 9.17) is 26.8 Å². The molecule has 0 radical (unpaired) electrons. The van der Waals surface area contributed by atoms with E-state index in [-0.39, 0.29) is 84.9 Å². The Kier molecular flexibility index (Phi) is 6.54. The number of nitrogen functional groups attached to an aromatic ring is 1. The van der Waals surface area contributed by atoms with Crippen LogP contribution in [0.4, 0.5) is 28.4 Å².